The van der Waals surface area contributed by atoms with Crippen LogP contribution in [0.3, 0.4) is 0 Å². The molecule has 2 aromatic rings. The van der Waals surface area contributed by atoms with Crippen LogP contribution in [-0.4, -0.2) is 39.3 Å². The fraction of sp³-hybridized carbons (Fsp3) is 0.357. The molecule has 0 radical (unpaired) electrons. The van der Waals surface area contributed by atoms with Gasteiger partial charge in [0.2, 0.25) is 5.91 Å². The van der Waals surface area contributed by atoms with Gasteiger partial charge in [0.1, 0.15) is 5.65 Å². The zero-order valence-corrected chi connectivity index (χ0v) is 12.6. The number of nitrogens with two attached hydrogens (primary N) is 1. The number of nitrogens with one attached hydrogen (secondary N) is 1. The lowest BCUT2D eigenvalue weighted by Gasteiger charge is -2.16. The maximum atomic E-state index is 12.1. The number of imidazole rings is 1. The van der Waals surface area contributed by atoms with Crippen LogP contribution in [0.25, 0.3) is 5.65 Å². The van der Waals surface area contributed by atoms with Crippen LogP contribution in [0.2, 0.25) is 5.02 Å². The minimum absolute atomic E-state index is 0.209. The molecule has 22 heavy (non-hydrogen) atoms. The van der Waals surface area contributed by atoms with E-state index in [1.807, 2.05) is 16.7 Å². The van der Waals surface area contributed by atoms with Crippen LogP contribution in [-0.2, 0) is 11.3 Å². The Hall–Kier alpha value is -2.28. The number of carbonyl (C=O) groups is 2. The van der Waals surface area contributed by atoms with Crippen molar-refractivity contribution in [2.75, 3.05) is 13.1 Å². The second-order valence-corrected chi connectivity index (χ2v) is 5.77. The molecule has 1 aliphatic rings. The van der Waals surface area contributed by atoms with E-state index in [1.54, 1.807) is 17.2 Å². The second-order valence-electron chi connectivity index (χ2n) is 5.34. The molecule has 0 unspecified atom stereocenters. The number of hydrogen-bond donors (Lipinski definition) is 2. The van der Waals surface area contributed by atoms with Crippen molar-refractivity contribution in [2.45, 2.75) is 13.0 Å². The average Bonchev–Trinajstić information content (AvgIpc) is 3.10. The van der Waals surface area contributed by atoms with Gasteiger partial charge in [-0.05, 0) is 18.6 Å². The Kier molecular flexibility index (Phi) is 3.89. The lowest BCUT2D eigenvalue weighted by atomic mass is 10.1. The maximum Gasteiger partial charge on any atom is 0.317 e. The van der Waals surface area contributed by atoms with E-state index in [-0.39, 0.29) is 17.9 Å². The summed E-state index contributed by atoms with van der Waals surface area (Å²) in [5.74, 6) is -0.601. The van der Waals surface area contributed by atoms with Gasteiger partial charge in [0.25, 0.3) is 0 Å². The smallest absolute Gasteiger partial charge is 0.317 e. The third kappa shape index (κ3) is 2.99. The number of amides is 3. The standard InChI is InChI=1S/C14H16ClN5O2/c15-10-1-2-12-18-11(8-20(12)7-10)5-17-14(22)19-4-3-9(6-19)13(16)21/h1-2,7-9H,3-6H2,(H2,16,21)(H,17,22)/t9-/m0/s1. The molecular weight excluding hydrogens is 306 g/mol. The molecule has 1 atom stereocenters. The highest BCUT2D eigenvalue weighted by Gasteiger charge is 2.29. The SMILES string of the molecule is NC(=O)[C@H]1CCN(C(=O)NCc2cn3cc(Cl)ccc3n2)C1. The Labute approximate surface area is 132 Å². The van der Waals surface area contributed by atoms with Gasteiger partial charge in [0, 0.05) is 25.5 Å². The Morgan fingerprint density at radius 1 is 1.41 bits per heavy atom. The molecule has 7 nitrogen and oxygen atoms in total. The second kappa shape index (κ2) is 5.84. The van der Waals surface area contributed by atoms with Crippen molar-refractivity contribution in [1.82, 2.24) is 19.6 Å². The highest BCUT2D eigenvalue weighted by molar-refractivity contribution is 6.30. The molecule has 1 fully saturated rings. The average molecular weight is 322 g/mol. The predicted molar refractivity (Wildman–Crippen MR) is 81.3 cm³/mol. The molecule has 1 saturated heterocycles. The van der Waals surface area contributed by atoms with Crippen molar-refractivity contribution >= 4 is 29.2 Å². The van der Waals surface area contributed by atoms with Crippen LogP contribution in [0.4, 0.5) is 4.79 Å². The molecule has 0 saturated carbocycles. The molecule has 3 heterocycles. The van der Waals surface area contributed by atoms with Crippen molar-refractivity contribution in [3.8, 4) is 0 Å². The molecule has 0 spiro atoms. The number of fused-ring (bicyclic) bond motifs is 1. The third-order valence-corrected chi connectivity index (χ3v) is 3.99. The first-order valence-corrected chi connectivity index (χ1v) is 7.36. The van der Waals surface area contributed by atoms with E-state index in [9.17, 15) is 9.59 Å². The fourth-order valence-corrected chi connectivity index (χ4v) is 2.73. The van der Waals surface area contributed by atoms with Crippen molar-refractivity contribution in [3.05, 3.63) is 35.2 Å². The highest BCUT2D eigenvalue weighted by Crippen LogP contribution is 2.16. The maximum absolute atomic E-state index is 12.1. The zero-order valence-electron chi connectivity index (χ0n) is 11.8. The Balaban J connectivity index is 1.59. The molecule has 0 aliphatic carbocycles. The number of hydrogen-bond acceptors (Lipinski definition) is 3. The highest BCUT2D eigenvalue weighted by atomic mass is 35.5. The van der Waals surface area contributed by atoms with Crippen molar-refractivity contribution in [1.29, 1.82) is 0 Å². The third-order valence-electron chi connectivity index (χ3n) is 3.76. The van der Waals surface area contributed by atoms with Gasteiger partial charge in [0.05, 0.1) is 23.2 Å². The Morgan fingerprint density at radius 2 is 2.23 bits per heavy atom. The van der Waals surface area contributed by atoms with Gasteiger partial charge >= 0.3 is 6.03 Å². The number of urea groups is 1. The summed E-state index contributed by atoms with van der Waals surface area (Å²) in [7, 11) is 0. The molecule has 3 rings (SSSR count). The summed E-state index contributed by atoms with van der Waals surface area (Å²) in [6.07, 6.45) is 4.19. The van der Waals surface area contributed by atoms with Gasteiger partial charge in [-0.15, -0.1) is 0 Å². The van der Waals surface area contributed by atoms with Crippen molar-refractivity contribution in [2.24, 2.45) is 11.7 Å². The molecule has 1 aliphatic heterocycles. The van der Waals surface area contributed by atoms with Crippen molar-refractivity contribution in [3.63, 3.8) is 0 Å². The molecule has 3 amide bonds. The Morgan fingerprint density at radius 3 is 2.95 bits per heavy atom. The molecule has 2 aromatic heterocycles. The van der Waals surface area contributed by atoms with Gasteiger partial charge in [-0.2, -0.15) is 0 Å². The zero-order chi connectivity index (χ0) is 15.7. The molecule has 0 bridgehead atoms. The molecular formula is C14H16ClN5O2. The normalized spacial score (nSPS) is 17.9. The quantitative estimate of drug-likeness (QED) is 0.883. The number of carbonyl (C=O) groups excluding carboxylic acids is 2. The number of pyridine rings is 1. The van der Waals surface area contributed by atoms with E-state index in [0.29, 0.717) is 31.1 Å². The number of rotatable bonds is 3. The summed E-state index contributed by atoms with van der Waals surface area (Å²) in [6, 6.07) is 3.37. The summed E-state index contributed by atoms with van der Waals surface area (Å²) in [5, 5.41) is 3.42. The van der Waals surface area contributed by atoms with E-state index in [4.69, 9.17) is 17.3 Å². The summed E-state index contributed by atoms with van der Waals surface area (Å²) in [5.41, 5.74) is 6.76. The van der Waals surface area contributed by atoms with Crippen LogP contribution < -0.4 is 11.1 Å². The van der Waals surface area contributed by atoms with Crippen LogP contribution in [0, 0.1) is 5.92 Å². The molecule has 3 N–H and O–H groups in total. The van der Waals surface area contributed by atoms with Crippen LogP contribution in [0.1, 0.15) is 12.1 Å². The van der Waals surface area contributed by atoms with Crippen LogP contribution in [0.5, 0.6) is 0 Å². The first-order chi connectivity index (χ1) is 10.5. The predicted octanol–water partition coefficient (Wildman–Crippen LogP) is 1.00. The largest absolute Gasteiger partial charge is 0.369 e. The van der Waals surface area contributed by atoms with Gasteiger partial charge < -0.3 is 20.4 Å². The van der Waals surface area contributed by atoms with E-state index >= 15 is 0 Å². The minimum atomic E-state index is -0.354. The topological polar surface area (TPSA) is 92.7 Å². The summed E-state index contributed by atoms with van der Waals surface area (Å²) in [4.78, 5) is 29.2. The number of halogens is 1. The molecule has 116 valence electrons. The van der Waals surface area contributed by atoms with Gasteiger partial charge in [-0.1, -0.05) is 11.6 Å². The number of primary amides is 1. The number of nitrogens with zero attached hydrogens (tertiary/aromatic N) is 3. The monoisotopic (exact) mass is 321 g/mol. The van der Waals surface area contributed by atoms with E-state index < -0.39 is 0 Å². The number of aromatic nitrogens is 2. The van der Waals surface area contributed by atoms with E-state index in [1.165, 1.54) is 0 Å². The van der Waals surface area contributed by atoms with E-state index in [2.05, 4.69) is 10.3 Å². The summed E-state index contributed by atoms with van der Waals surface area (Å²) >= 11 is 5.92. The van der Waals surface area contributed by atoms with Crippen molar-refractivity contribution < 1.29 is 9.59 Å². The fourth-order valence-electron chi connectivity index (χ4n) is 2.56. The lowest BCUT2D eigenvalue weighted by Crippen LogP contribution is -2.39. The first kappa shape index (κ1) is 14.6. The summed E-state index contributed by atoms with van der Waals surface area (Å²) in [6.45, 7) is 1.23. The van der Waals surface area contributed by atoms with Crippen LogP contribution >= 0.6 is 11.6 Å². The van der Waals surface area contributed by atoms with Gasteiger partial charge in [-0.25, -0.2) is 9.78 Å². The summed E-state index contributed by atoms with van der Waals surface area (Å²) < 4.78 is 1.81. The minimum Gasteiger partial charge on any atom is -0.369 e. The molecule has 8 heteroatoms. The first-order valence-electron chi connectivity index (χ1n) is 6.98. The Bertz CT molecular complexity index is 729. The lowest BCUT2D eigenvalue weighted by molar-refractivity contribution is -0.121. The number of likely N-dealkylation sites (tertiary alicyclic amines) is 1. The van der Waals surface area contributed by atoms with E-state index in [0.717, 1.165) is 11.3 Å². The van der Waals surface area contributed by atoms with Gasteiger partial charge in [0.15, 0.2) is 0 Å². The molecule has 0 aromatic carbocycles. The van der Waals surface area contributed by atoms with Crippen LogP contribution in [0.15, 0.2) is 24.5 Å². The van der Waals surface area contributed by atoms with Gasteiger partial charge in [-0.3, -0.25) is 4.79 Å².